The summed E-state index contributed by atoms with van der Waals surface area (Å²) in [5.74, 6) is -0.255. The van der Waals surface area contributed by atoms with Crippen LogP contribution in [0.5, 0.6) is 0 Å². The van der Waals surface area contributed by atoms with Crippen molar-refractivity contribution < 1.29 is 19.8 Å². The molecular formula is C13H26N2O4. The fourth-order valence-corrected chi connectivity index (χ4v) is 1.15. The summed E-state index contributed by atoms with van der Waals surface area (Å²) < 4.78 is 0. The van der Waals surface area contributed by atoms with Crippen LogP contribution in [0.25, 0.3) is 0 Å². The van der Waals surface area contributed by atoms with Crippen LogP contribution in [-0.4, -0.2) is 47.3 Å². The Morgan fingerprint density at radius 2 is 1.68 bits per heavy atom. The lowest BCUT2D eigenvalue weighted by Crippen LogP contribution is -2.43. The lowest BCUT2D eigenvalue weighted by molar-refractivity contribution is -0.128. The number of carbonyl (C=O) groups excluding carboxylic acids is 2. The van der Waals surface area contributed by atoms with Crippen molar-refractivity contribution in [2.45, 2.75) is 46.1 Å². The van der Waals surface area contributed by atoms with Crippen LogP contribution in [0, 0.1) is 5.41 Å². The van der Waals surface area contributed by atoms with Gasteiger partial charge in [0.25, 0.3) is 0 Å². The topological polar surface area (TPSA) is 98.7 Å². The summed E-state index contributed by atoms with van der Waals surface area (Å²) in [7, 11) is 0. The van der Waals surface area contributed by atoms with E-state index in [0.717, 1.165) is 0 Å². The maximum absolute atomic E-state index is 11.5. The monoisotopic (exact) mass is 274 g/mol. The van der Waals surface area contributed by atoms with Crippen molar-refractivity contribution in [1.29, 1.82) is 0 Å². The Hall–Kier alpha value is -1.14. The van der Waals surface area contributed by atoms with E-state index in [9.17, 15) is 14.7 Å². The second-order valence-electron chi connectivity index (χ2n) is 6.04. The van der Waals surface area contributed by atoms with E-state index in [1.807, 2.05) is 20.8 Å². The molecule has 0 heterocycles. The number of hydrogen-bond donors (Lipinski definition) is 4. The zero-order chi connectivity index (χ0) is 15.1. The molecule has 6 nitrogen and oxygen atoms in total. The molecule has 19 heavy (non-hydrogen) atoms. The van der Waals surface area contributed by atoms with Crippen LogP contribution in [0.4, 0.5) is 0 Å². The van der Waals surface area contributed by atoms with Crippen molar-refractivity contribution in [3.8, 4) is 0 Å². The van der Waals surface area contributed by atoms with Gasteiger partial charge in [-0.1, -0.05) is 20.8 Å². The summed E-state index contributed by atoms with van der Waals surface area (Å²) in [5.41, 5.74) is -1.72. The largest absolute Gasteiger partial charge is 0.393 e. The Kier molecular flexibility index (Phi) is 7.00. The van der Waals surface area contributed by atoms with Crippen LogP contribution in [0.1, 0.15) is 40.5 Å². The van der Waals surface area contributed by atoms with Gasteiger partial charge in [-0.3, -0.25) is 9.59 Å². The van der Waals surface area contributed by atoms with Gasteiger partial charge < -0.3 is 20.8 Å². The predicted octanol–water partition coefficient (Wildman–Crippen LogP) is -0.212. The van der Waals surface area contributed by atoms with Crippen molar-refractivity contribution in [2.24, 2.45) is 5.41 Å². The van der Waals surface area contributed by atoms with Gasteiger partial charge in [-0.25, -0.2) is 0 Å². The molecule has 0 aromatic heterocycles. The molecule has 2 amide bonds. The van der Waals surface area contributed by atoms with E-state index in [0.29, 0.717) is 13.0 Å². The molecule has 0 saturated heterocycles. The highest BCUT2D eigenvalue weighted by Gasteiger charge is 2.21. The molecule has 1 atom stereocenters. The molecule has 0 radical (unpaired) electrons. The van der Waals surface area contributed by atoms with Gasteiger partial charge in [0.1, 0.15) is 5.60 Å². The van der Waals surface area contributed by atoms with E-state index in [-0.39, 0.29) is 24.8 Å². The second kappa shape index (κ2) is 7.45. The van der Waals surface area contributed by atoms with E-state index in [2.05, 4.69) is 10.6 Å². The number of amides is 2. The summed E-state index contributed by atoms with van der Waals surface area (Å²) in [6.45, 7) is 6.96. The lowest BCUT2D eigenvalue weighted by atomic mass is 9.96. The minimum absolute atomic E-state index is 0.0106. The van der Waals surface area contributed by atoms with E-state index in [1.54, 1.807) is 0 Å². The number of rotatable bonds is 7. The van der Waals surface area contributed by atoms with Gasteiger partial charge in [0.05, 0.1) is 6.61 Å². The van der Waals surface area contributed by atoms with Gasteiger partial charge in [0.15, 0.2) is 0 Å². The standard InChI is InChI=1S/C13H26N2O4/c1-12(2,3)11(18)14-7-5-6-10(17)15-8-13(4,19)9-16/h16,19H,5-9H2,1-4H3,(H,14,18)(H,15,17). The molecule has 0 aliphatic carbocycles. The van der Waals surface area contributed by atoms with Crippen LogP contribution in [0.3, 0.4) is 0 Å². The summed E-state index contributed by atoms with van der Waals surface area (Å²) in [6.07, 6.45) is 0.806. The molecule has 0 aromatic carbocycles. The minimum atomic E-state index is -1.30. The van der Waals surface area contributed by atoms with Gasteiger partial charge in [-0.05, 0) is 13.3 Å². The zero-order valence-electron chi connectivity index (χ0n) is 12.2. The zero-order valence-corrected chi connectivity index (χ0v) is 12.2. The molecule has 4 N–H and O–H groups in total. The summed E-state index contributed by atoms with van der Waals surface area (Å²) in [6, 6.07) is 0. The number of aliphatic hydroxyl groups excluding tert-OH is 1. The summed E-state index contributed by atoms with van der Waals surface area (Å²) in [5, 5.41) is 23.6. The van der Waals surface area contributed by atoms with E-state index in [4.69, 9.17) is 5.11 Å². The number of hydrogen-bond acceptors (Lipinski definition) is 4. The number of aliphatic hydroxyl groups is 2. The number of nitrogens with one attached hydrogen (secondary N) is 2. The van der Waals surface area contributed by atoms with Gasteiger partial charge >= 0.3 is 0 Å². The molecule has 112 valence electrons. The van der Waals surface area contributed by atoms with Gasteiger partial charge in [-0.15, -0.1) is 0 Å². The molecule has 0 aliphatic heterocycles. The van der Waals surface area contributed by atoms with Crippen LogP contribution in [0.2, 0.25) is 0 Å². The normalized spacial score (nSPS) is 14.6. The van der Waals surface area contributed by atoms with E-state index < -0.39 is 17.6 Å². The maximum Gasteiger partial charge on any atom is 0.225 e. The van der Waals surface area contributed by atoms with Gasteiger partial charge in [0, 0.05) is 24.9 Å². The molecule has 0 aliphatic rings. The molecule has 6 heteroatoms. The third-order valence-electron chi connectivity index (χ3n) is 2.55. The first kappa shape index (κ1) is 17.9. The highest BCUT2D eigenvalue weighted by molar-refractivity contribution is 5.81. The Morgan fingerprint density at radius 1 is 1.11 bits per heavy atom. The van der Waals surface area contributed by atoms with E-state index in [1.165, 1.54) is 6.92 Å². The Bertz CT molecular complexity index is 308. The quantitative estimate of drug-likeness (QED) is 0.483. The van der Waals surface area contributed by atoms with Crippen molar-refractivity contribution in [1.82, 2.24) is 10.6 Å². The highest BCUT2D eigenvalue weighted by Crippen LogP contribution is 2.12. The van der Waals surface area contributed by atoms with Crippen molar-refractivity contribution >= 4 is 11.8 Å². The fourth-order valence-electron chi connectivity index (χ4n) is 1.15. The second-order valence-corrected chi connectivity index (χ2v) is 6.04. The van der Waals surface area contributed by atoms with Crippen molar-refractivity contribution in [3.05, 3.63) is 0 Å². The first-order valence-corrected chi connectivity index (χ1v) is 6.47. The molecule has 0 saturated carbocycles. The van der Waals surface area contributed by atoms with Crippen LogP contribution in [-0.2, 0) is 9.59 Å². The van der Waals surface area contributed by atoms with Crippen molar-refractivity contribution in [2.75, 3.05) is 19.7 Å². The average Bonchev–Trinajstić information content (AvgIpc) is 2.30. The fraction of sp³-hybridized carbons (Fsp3) is 0.846. The van der Waals surface area contributed by atoms with Crippen molar-refractivity contribution in [3.63, 3.8) is 0 Å². The maximum atomic E-state index is 11.5. The SMILES string of the molecule is CC(O)(CO)CNC(=O)CCCNC(=O)C(C)(C)C. The van der Waals surface area contributed by atoms with Crippen LogP contribution < -0.4 is 10.6 Å². The molecule has 0 bridgehead atoms. The van der Waals surface area contributed by atoms with E-state index >= 15 is 0 Å². The predicted molar refractivity (Wildman–Crippen MR) is 72.4 cm³/mol. The first-order chi connectivity index (χ1) is 8.58. The Labute approximate surface area is 114 Å². The Morgan fingerprint density at radius 3 is 2.16 bits per heavy atom. The first-order valence-electron chi connectivity index (χ1n) is 6.47. The summed E-state index contributed by atoms with van der Waals surface area (Å²) >= 11 is 0. The molecule has 0 rings (SSSR count). The number of carbonyl (C=O) groups is 2. The van der Waals surface area contributed by atoms with Crippen LogP contribution in [0.15, 0.2) is 0 Å². The van der Waals surface area contributed by atoms with Crippen LogP contribution >= 0.6 is 0 Å². The molecular weight excluding hydrogens is 248 g/mol. The lowest BCUT2D eigenvalue weighted by Gasteiger charge is -2.20. The van der Waals surface area contributed by atoms with Gasteiger partial charge in [-0.2, -0.15) is 0 Å². The minimum Gasteiger partial charge on any atom is -0.393 e. The molecule has 1 unspecified atom stereocenters. The Balaban J connectivity index is 3.74. The summed E-state index contributed by atoms with van der Waals surface area (Å²) in [4.78, 5) is 23.0. The van der Waals surface area contributed by atoms with Gasteiger partial charge in [0.2, 0.25) is 11.8 Å². The molecule has 0 aromatic rings. The third kappa shape index (κ3) is 8.56. The smallest absolute Gasteiger partial charge is 0.225 e. The third-order valence-corrected chi connectivity index (χ3v) is 2.55. The molecule has 0 fully saturated rings. The highest BCUT2D eigenvalue weighted by atomic mass is 16.3. The molecule has 0 spiro atoms. The average molecular weight is 274 g/mol.